The van der Waals surface area contributed by atoms with Gasteiger partial charge in [0.1, 0.15) is 0 Å². The van der Waals surface area contributed by atoms with E-state index in [2.05, 4.69) is 10.1 Å². The van der Waals surface area contributed by atoms with E-state index in [1.54, 1.807) is 24.3 Å². The number of alkyl halides is 2. The van der Waals surface area contributed by atoms with Crippen LogP contribution in [0.25, 0.3) is 0 Å². The zero-order chi connectivity index (χ0) is 20.3. The lowest BCUT2D eigenvalue weighted by atomic mass is 10.1. The fourth-order valence-electron chi connectivity index (χ4n) is 2.85. The molecule has 1 aliphatic rings. The Morgan fingerprint density at radius 1 is 1.14 bits per heavy atom. The minimum Gasteiger partial charge on any atom is -0.493 e. The molecule has 2 aromatic rings. The standard InChI is InChI=1S/C18H18F2N2O5S/c1-26-16-11-12(3-8-15(16)27-18(19)20)17(23)21-13-4-6-14(7-5-13)22-9-2-10-28(22,24)25/h3-8,11,18H,2,9-10H2,1H3,(H,21,23). The van der Waals surface area contributed by atoms with Gasteiger partial charge in [-0.2, -0.15) is 8.78 Å². The van der Waals surface area contributed by atoms with Gasteiger partial charge < -0.3 is 14.8 Å². The average molecular weight is 412 g/mol. The van der Waals surface area contributed by atoms with Crippen LogP contribution in [0.15, 0.2) is 42.5 Å². The number of hydrogen-bond acceptors (Lipinski definition) is 5. The molecule has 1 N–H and O–H groups in total. The van der Waals surface area contributed by atoms with Crippen molar-refractivity contribution in [1.82, 2.24) is 0 Å². The summed E-state index contributed by atoms with van der Waals surface area (Å²) in [7, 11) is -1.99. The van der Waals surface area contributed by atoms with E-state index >= 15 is 0 Å². The molecule has 1 fully saturated rings. The third kappa shape index (κ3) is 4.33. The summed E-state index contributed by atoms with van der Waals surface area (Å²) in [5.41, 5.74) is 1.17. The van der Waals surface area contributed by atoms with Gasteiger partial charge in [0.25, 0.3) is 5.91 Å². The number of nitrogens with one attached hydrogen (secondary N) is 1. The molecule has 1 aliphatic heterocycles. The maximum Gasteiger partial charge on any atom is 0.387 e. The molecule has 1 heterocycles. The number of amides is 1. The number of carbonyl (C=O) groups excluding carboxylic acids is 1. The lowest BCUT2D eigenvalue weighted by Crippen LogP contribution is -2.24. The maximum atomic E-state index is 12.4. The summed E-state index contributed by atoms with van der Waals surface area (Å²) in [4.78, 5) is 12.4. The number of anilines is 2. The summed E-state index contributed by atoms with van der Waals surface area (Å²) in [6.45, 7) is -2.58. The third-order valence-corrected chi connectivity index (χ3v) is 6.02. The Morgan fingerprint density at radius 3 is 2.43 bits per heavy atom. The molecule has 3 rings (SSSR count). The van der Waals surface area contributed by atoms with Gasteiger partial charge in [-0.25, -0.2) is 8.42 Å². The number of halogens is 2. The van der Waals surface area contributed by atoms with Crippen molar-refractivity contribution in [2.45, 2.75) is 13.0 Å². The molecule has 0 saturated carbocycles. The molecule has 1 amide bonds. The first-order valence-corrected chi connectivity index (χ1v) is 9.96. The minimum atomic E-state index is -3.27. The van der Waals surface area contributed by atoms with Crippen LogP contribution < -0.4 is 19.1 Å². The van der Waals surface area contributed by atoms with Crippen LogP contribution in [0.3, 0.4) is 0 Å². The Balaban J connectivity index is 1.72. The van der Waals surface area contributed by atoms with Gasteiger partial charge in [0.05, 0.1) is 18.6 Å². The Labute approximate surface area is 160 Å². The summed E-state index contributed by atoms with van der Waals surface area (Å²) < 4.78 is 59.3. The zero-order valence-electron chi connectivity index (χ0n) is 14.9. The van der Waals surface area contributed by atoms with Crippen molar-refractivity contribution in [2.24, 2.45) is 0 Å². The Hall–Kier alpha value is -2.88. The first kappa shape index (κ1) is 19.9. The predicted octanol–water partition coefficient (Wildman–Crippen LogP) is 3.09. The predicted molar refractivity (Wildman–Crippen MR) is 99.8 cm³/mol. The summed E-state index contributed by atoms with van der Waals surface area (Å²) in [5.74, 6) is -0.533. The van der Waals surface area contributed by atoms with Crippen LogP contribution in [0.5, 0.6) is 11.5 Å². The SMILES string of the molecule is COc1cc(C(=O)Nc2ccc(N3CCCS3(=O)=O)cc2)ccc1OC(F)F. The van der Waals surface area contributed by atoms with Crippen molar-refractivity contribution < 1.29 is 31.5 Å². The molecule has 0 atom stereocenters. The lowest BCUT2D eigenvalue weighted by Gasteiger charge is -2.17. The molecule has 0 bridgehead atoms. The summed E-state index contributed by atoms with van der Waals surface area (Å²) in [5, 5.41) is 2.66. The molecule has 150 valence electrons. The van der Waals surface area contributed by atoms with Crippen LogP contribution in [0.1, 0.15) is 16.8 Å². The van der Waals surface area contributed by atoms with E-state index in [0.717, 1.165) is 0 Å². The van der Waals surface area contributed by atoms with Gasteiger partial charge in [0, 0.05) is 17.8 Å². The van der Waals surface area contributed by atoms with E-state index in [0.29, 0.717) is 24.3 Å². The molecule has 1 saturated heterocycles. The topological polar surface area (TPSA) is 84.9 Å². The van der Waals surface area contributed by atoms with Crippen LogP contribution in [-0.4, -0.2) is 40.3 Å². The number of methoxy groups -OCH3 is 1. The molecule has 0 aliphatic carbocycles. The highest BCUT2D eigenvalue weighted by Crippen LogP contribution is 2.30. The fourth-order valence-corrected chi connectivity index (χ4v) is 4.41. The molecule has 28 heavy (non-hydrogen) atoms. The summed E-state index contributed by atoms with van der Waals surface area (Å²) in [6.07, 6.45) is 0.577. The van der Waals surface area contributed by atoms with Crippen molar-refractivity contribution in [3.05, 3.63) is 48.0 Å². The van der Waals surface area contributed by atoms with Gasteiger partial charge in [-0.15, -0.1) is 0 Å². The second kappa shape index (κ2) is 8.01. The van der Waals surface area contributed by atoms with E-state index in [1.807, 2.05) is 0 Å². The molecule has 2 aromatic carbocycles. The highest BCUT2D eigenvalue weighted by Gasteiger charge is 2.28. The Bertz CT molecular complexity index is 964. The van der Waals surface area contributed by atoms with Gasteiger partial charge in [0.15, 0.2) is 11.5 Å². The minimum absolute atomic E-state index is 0.00235. The van der Waals surface area contributed by atoms with Crippen LogP contribution in [0.2, 0.25) is 0 Å². The molecule has 0 unspecified atom stereocenters. The smallest absolute Gasteiger partial charge is 0.387 e. The van der Waals surface area contributed by atoms with Crippen molar-refractivity contribution in [1.29, 1.82) is 0 Å². The van der Waals surface area contributed by atoms with Crippen LogP contribution in [0.4, 0.5) is 20.2 Å². The number of benzene rings is 2. The van der Waals surface area contributed by atoms with Crippen LogP contribution in [-0.2, 0) is 10.0 Å². The number of rotatable bonds is 6. The van der Waals surface area contributed by atoms with Gasteiger partial charge >= 0.3 is 6.61 Å². The highest BCUT2D eigenvalue weighted by molar-refractivity contribution is 7.93. The summed E-state index contributed by atoms with van der Waals surface area (Å²) >= 11 is 0. The molecule has 10 heteroatoms. The molecular weight excluding hydrogens is 394 g/mol. The number of sulfonamides is 1. The first-order valence-electron chi connectivity index (χ1n) is 8.35. The van der Waals surface area contributed by atoms with Gasteiger partial charge in [-0.05, 0) is 48.9 Å². The number of nitrogens with zero attached hydrogens (tertiary/aromatic N) is 1. The van der Waals surface area contributed by atoms with Crippen LogP contribution in [0, 0.1) is 0 Å². The fraction of sp³-hybridized carbons (Fsp3) is 0.278. The van der Waals surface area contributed by atoms with E-state index in [-0.39, 0.29) is 22.8 Å². The Morgan fingerprint density at radius 2 is 1.86 bits per heavy atom. The second-order valence-electron chi connectivity index (χ2n) is 5.99. The normalized spacial score (nSPS) is 15.5. The quantitative estimate of drug-likeness (QED) is 0.788. The third-order valence-electron chi connectivity index (χ3n) is 4.15. The van der Waals surface area contributed by atoms with E-state index in [4.69, 9.17) is 4.74 Å². The monoisotopic (exact) mass is 412 g/mol. The zero-order valence-corrected chi connectivity index (χ0v) is 15.7. The van der Waals surface area contributed by atoms with Crippen molar-refractivity contribution in [3.8, 4) is 11.5 Å². The second-order valence-corrected chi connectivity index (χ2v) is 8.00. The number of hydrogen-bond donors (Lipinski definition) is 1. The van der Waals surface area contributed by atoms with Crippen molar-refractivity contribution in [2.75, 3.05) is 29.0 Å². The Kier molecular flexibility index (Phi) is 5.68. The molecule has 0 spiro atoms. The van der Waals surface area contributed by atoms with E-state index < -0.39 is 22.5 Å². The van der Waals surface area contributed by atoms with Crippen LogP contribution >= 0.6 is 0 Å². The molecule has 0 radical (unpaired) electrons. The van der Waals surface area contributed by atoms with Gasteiger partial charge in [0.2, 0.25) is 10.0 Å². The van der Waals surface area contributed by atoms with E-state index in [9.17, 15) is 22.0 Å². The number of ether oxygens (including phenoxy) is 2. The van der Waals surface area contributed by atoms with E-state index in [1.165, 1.54) is 29.6 Å². The molecule has 0 aromatic heterocycles. The largest absolute Gasteiger partial charge is 0.493 e. The average Bonchev–Trinajstić information content (AvgIpc) is 3.01. The summed E-state index contributed by atoms with van der Waals surface area (Å²) in [6, 6.07) is 10.2. The molecule has 7 nitrogen and oxygen atoms in total. The van der Waals surface area contributed by atoms with Crippen molar-refractivity contribution >= 4 is 27.3 Å². The number of carbonyl (C=O) groups is 1. The first-order chi connectivity index (χ1) is 13.3. The van der Waals surface area contributed by atoms with Gasteiger partial charge in [-0.3, -0.25) is 9.10 Å². The maximum absolute atomic E-state index is 12.4. The van der Waals surface area contributed by atoms with Gasteiger partial charge in [-0.1, -0.05) is 0 Å². The van der Waals surface area contributed by atoms with Crippen molar-refractivity contribution in [3.63, 3.8) is 0 Å². The lowest BCUT2D eigenvalue weighted by molar-refractivity contribution is -0.0512. The highest BCUT2D eigenvalue weighted by atomic mass is 32.2. The molecular formula is C18H18F2N2O5S.